The summed E-state index contributed by atoms with van der Waals surface area (Å²) in [4.78, 5) is 14.6. The quantitative estimate of drug-likeness (QED) is 0.633. The Balaban J connectivity index is 1.96. The summed E-state index contributed by atoms with van der Waals surface area (Å²) in [5.41, 5.74) is -4.33. The standard InChI is InChI=1S/C21H28F3NO4S/c1-18(2,3)28-17(26)25-10-9-20(6)15-8-7-14(29-30(27)21(22,23)24)11-13(15)12-16(25)19(20,4)5/h7-8,11,16H,9-10,12H2,1-6H3/t16?,20-,30?/m0/s1. The Kier molecular flexibility index (Phi) is 5.45. The van der Waals surface area contributed by atoms with Crippen molar-refractivity contribution < 1.29 is 31.1 Å². The summed E-state index contributed by atoms with van der Waals surface area (Å²) >= 11 is -3.43. The average molecular weight is 448 g/mol. The van der Waals surface area contributed by atoms with E-state index in [2.05, 4.69) is 25.0 Å². The van der Waals surface area contributed by atoms with Gasteiger partial charge in [-0.25, -0.2) is 9.00 Å². The lowest BCUT2D eigenvalue weighted by atomic mass is 9.51. The van der Waals surface area contributed by atoms with Gasteiger partial charge in [-0.15, -0.1) is 0 Å². The zero-order chi connectivity index (χ0) is 22.7. The molecule has 9 heteroatoms. The summed E-state index contributed by atoms with van der Waals surface area (Å²) in [5, 5.41) is 0. The lowest BCUT2D eigenvalue weighted by molar-refractivity contribution is -0.0523. The topological polar surface area (TPSA) is 55.8 Å². The molecule has 5 nitrogen and oxygen atoms in total. The second-order valence-corrected chi connectivity index (χ2v) is 10.9. The van der Waals surface area contributed by atoms with Crippen LogP contribution in [0.5, 0.6) is 5.75 Å². The Bertz CT molecular complexity index is 878. The second kappa shape index (κ2) is 7.14. The molecule has 1 aromatic rings. The van der Waals surface area contributed by atoms with Crippen LogP contribution in [0.1, 0.15) is 59.1 Å². The molecule has 0 aromatic heterocycles. The van der Waals surface area contributed by atoms with E-state index >= 15 is 0 Å². The van der Waals surface area contributed by atoms with Crippen molar-refractivity contribution in [3.8, 4) is 5.75 Å². The van der Waals surface area contributed by atoms with Crippen molar-refractivity contribution in [2.75, 3.05) is 6.54 Å². The number of nitrogens with zero attached hydrogens (tertiary/aromatic N) is 1. The number of ether oxygens (including phenoxy) is 1. The molecule has 0 saturated carbocycles. The summed E-state index contributed by atoms with van der Waals surface area (Å²) in [5.74, 6) is -0.102. The third kappa shape index (κ3) is 3.92. The van der Waals surface area contributed by atoms with Gasteiger partial charge in [-0.05, 0) is 62.3 Å². The first-order valence-corrected chi connectivity index (χ1v) is 10.9. The van der Waals surface area contributed by atoms with Gasteiger partial charge >= 0.3 is 22.7 Å². The lowest BCUT2D eigenvalue weighted by Gasteiger charge is -2.60. The van der Waals surface area contributed by atoms with Crippen molar-refractivity contribution in [3.63, 3.8) is 0 Å². The number of piperidine rings is 1. The molecule has 1 aliphatic carbocycles. The van der Waals surface area contributed by atoms with E-state index in [1.54, 1.807) is 11.0 Å². The highest BCUT2D eigenvalue weighted by molar-refractivity contribution is 7.81. The van der Waals surface area contributed by atoms with Crippen molar-refractivity contribution in [3.05, 3.63) is 29.3 Å². The number of carbonyl (C=O) groups is 1. The molecular weight excluding hydrogens is 419 g/mol. The van der Waals surface area contributed by atoms with Crippen LogP contribution < -0.4 is 4.18 Å². The minimum Gasteiger partial charge on any atom is -0.444 e. The van der Waals surface area contributed by atoms with E-state index in [4.69, 9.17) is 4.74 Å². The molecule has 2 unspecified atom stereocenters. The van der Waals surface area contributed by atoms with Crippen LogP contribution >= 0.6 is 0 Å². The summed E-state index contributed by atoms with van der Waals surface area (Å²) in [6.45, 7) is 12.3. The highest BCUT2D eigenvalue weighted by Crippen LogP contribution is 2.56. The molecule has 1 amide bonds. The average Bonchev–Trinajstić information content (AvgIpc) is 2.55. The number of alkyl halides is 3. The highest BCUT2D eigenvalue weighted by Gasteiger charge is 2.57. The van der Waals surface area contributed by atoms with Gasteiger partial charge in [0.1, 0.15) is 11.4 Å². The minimum atomic E-state index is -4.95. The number of rotatable bonds is 2. The van der Waals surface area contributed by atoms with Crippen LogP contribution in [0.4, 0.5) is 18.0 Å². The van der Waals surface area contributed by atoms with Crippen molar-refractivity contribution >= 4 is 17.2 Å². The van der Waals surface area contributed by atoms with Gasteiger partial charge in [0.25, 0.3) is 0 Å². The van der Waals surface area contributed by atoms with Crippen LogP contribution in [0.3, 0.4) is 0 Å². The van der Waals surface area contributed by atoms with Crippen LogP contribution in [-0.4, -0.2) is 38.9 Å². The Morgan fingerprint density at radius 2 is 1.83 bits per heavy atom. The molecule has 30 heavy (non-hydrogen) atoms. The van der Waals surface area contributed by atoms with E-state index < -0.39 is 28.3 Å². The van der Waals surface area contributed by atoms with Gasteiger partial charge in [0.05, 0.1) is 0 Å². The number of carbonyl (C=O) groups excluding carboxylic acids is 1. The van der Waals surface area contributed by atoms with E-state index in [0.717, 1.165) is 11.1 Å². The zero-order valence-corrected chi connectivity index (χ0v) is 18.9. The van der Waals surface area contributed by atoms with Crippen LogP contribution in [0.2, 0.25) is 0 Å². The van der Waals surface area contributed by atoms with Crippen LogP contribution in [0.15, 0.2) is 18.2 Å². The highest BCUT2D eigenvalue weighted by atomic mass is 32.2. The Morgan fingerprint density at radius 3 is 2.40 bits per heavy atom. The summed E-state index contributed by atoms with van der Waals surface area (Å²) < 4.78 is 59.4. The Labute approximate surface area is 177 Å². The third-order valence-electron chi connectivity index (χ3n) is 6.56. The summed E-state index contributed by atoms with van der Waals surface area (Å²) in [6, 6.07) is 4.52. The first-order valence-electron chi connectivity index (χ1n) is 9.86. The van der Waals surface area contributed by atoms with Crippen molar-refractivity contribution in [1.82, 2.24) is 4.90 Å². The predicted molar refractivity (Wildman–Crippen MR) is 107 cm³/mol. The maximum Gasteiger partial charge on any atom is 0.508 e. The smallest absolute Gasteiger partial charge is 0.444 e. The molecule has 0 spiro atoms. The summed E-state index contributed by atoms with van der Waals surface area (Å²) in [6.07, 6.45) is 0.751. The van der Waals surface area contributed by atoms with E-state index in [0.29, 0.717) is 19.4 Å². The normalized spacial score (nSPS) is 26.6. The van der Waals surface area contributed by atoms with E-state index in [9.17, 15) is 22.2 Å². The SMILES string of the molecule is CC(C)(C)OC(=O)N1CC[C@@]2(C)c3ccc(OS(=O)C(F)(F)F)cc3CC1C2(C)C. The molecule has 3 atom stereocenters. The number of halogens is 3. The molecular formula is C21H28F3NO4S. The van der Waals surface area contributed by atoms with E-state index in [1.807, 2.05) is 20.8 Å². The molecule has 0 radical (unpaired) electrons. The Hall–Kier alpha value is -1.77. The molecule has 3 rings (SSSR count). The predicted octanol–water partition coefficient (Wildman–Crippen LogP) is 5.10. The zero-order valence-electron chi connectivity index (χ0n) is 18.1. The number of amides is 1. The van der Waals surface area contributed by atoms with Gasteiger partial charge in [-0.3, -0.25) is 0 Å². The van der Waals surface area contributed by atoms with Crippen molar-refractivity contribution in [2.45, 2.75) is 77.0 Å². The van der Waals surface area contributed by atoms with Gasteiger partial charge in [-0.2, -0.15) is 13.2 Å². The van der Waals surface area contributed by atoms with Gasteiger partial charge in [-0.1, -0.05) is 26.8 Å². The molecule has 1 fully saturated rings. The first kappa shape index (κ1) is 22.9. The number of benzene rings is 1. The maximum absolute atomic E-state index is 12.9. The number of likely N-dealkylation sites (tertiary alicyclic amines) is 1. The number of fused-ring (bicyclic) bond motifs is 4. The number of hydrogen-bond acceptors (Lipinski definition) is 4. The molecule has 0 N–H and O–H groups in total. The maximum atomic E-state index is 12.9. The molecule has 1 aliphatic heterocycles. The van der Waals surface area contributed by atoms with Crippen molar-refractivity contribution in [2.24, 2.45) is 5.41 Å². The molecule has 168 valence electrons. The van der Waals surface area contributed by atoms with E-state index in [-0.39, 0.29) is 22.6 Å². The van der Waals surface area contributed by atoms with Crippen molar-refractivity contribution in [1.29, 1.82) is 0 Å². The van der Waals surface area contributed by atoms with Gasteiger partial charge in [0, 0.05) is 18.0 Å². The second-order valence-electron chi connectivity index (χ2n) is 9.78. The molecule has 2 bridgehead atoms. The summed E-state index contributed by atoms with van der Waals surface area (Å²) in [7, 11) is 0. The minimum absolute atomic E-state index is 0.102. The van der Waals surface area contributed by atoms with Gasteiger partial charge < -0.3 is 13.8 Å². The largest absolute Gasteiger partial charge is 0.508 e. The first-order chi connectivity index (χ1) is 13.6. The van der Waals surface area contributed by atoms with Crippen LogP contribution in [-0.2, 0) is 27.7 Å². The van der Waals surface area contributed by atoms with Gasteiger partial charge in [0.15, 0.2) is 0 Å². The molecule has 1 saturated heterocycles. The fourth-order valence-corrected chi connectivity index (χ4v) is 5.01. The van der Waals surface area contributed by atoms with Crippen LogP contribution in [0.25, 0.3) is 0 Å². The molecule has 1 aromatic carbocycles. The Morgan fingerprint density at radius 1 is 1.20 bits per heavy atom. The lowest BCUT2D eigenvalue weighted by Crippen LogP contribution is -2.65. The fraction of sp³-hybridized carbons (Fsp3) is 0.667. The van der Waals surface area contributed by atoms with E-state index in [1.165, 1.54) is 12.1 Å². The van der Waals surface area contributed by atoms with Gasteiger partial charge in [0.2, 0.25) is 0 Å². The third-order valence-corrected chi connectivity index (χ3v) is 7.28. The number of hydrogen-bond donors (Lipinski definition) is 0. The monoisotopic (exact) mass is 447 g/mol. The fourth-order valence-electron chi connectivity index (χ4n) is 4.64. The van der Waals surface area contributed by atoms with Crippen LogP contribution in [0, 0.1) is 5.41 Å². The molecule has 2 aliphatic rings. The molecule has 1 heterocycles.